The quantitative estimate of drug-likeness (QED) is 0.0222. The Labute approximate surface area is 530 Å². The number of ether oxygens (including phenoxy) is 4. The first-order valence-electron chi connectivity index (χ1n) is 35.6. The van der Waals surface area contributed by atoms with Crippen LogP contribution in [0.15, 0.2) is 0 Å². The molecule has 5 atom stereocenters. The summed E-state index contributed by atoms with van der Waals surface area (Å²) in [7, 11) is -9.89. The summed E-state index contributed by atoms with van der Waals surface area (Å²) in [5, 5.41) is 10.6. The molecule has 0 bridgehead atoms. The lowest BCUT2D eigenvalue weighted by Gasteiger charge is -2.21. The molecular formula is C68H132O17P2. The van der Waals surface area contributed by atoms with Gasteiger partial charge in [-0.15, -0.1) is 0 Å². The number of phosphoric acid groups is 2. The number of carbonyl (C=O) groups is 4. The number of rotatable bonds is 68. The third kappa shape index (κ3) is 62.6. The third-order valence-electron chi connectivity index (χ3n) is 15.8. The summed E-state index contributed by atoms with van der Waals surface area (Å²) in [5.74, 6) is -1.38. The Morgan fingerprint density at radius 3 is 0.782 bits per heavy atom. The molecule has 87 heavy (non-hydrogen) atoms. The van der Waals surface area contributed by atoms with Crippen molar-refractivity contribution < 1.29 is 80.2 Å². The first kappa shape index (κ1) is 85.1. The van der Waals surface area contributed by atoms with Crippen molar-refractivity contribution in [1.29, 1.82) is 0 Å². The van der Waals surface area contributed by atoms with Gasteiger partial charge in [0.2, 0.25) is 0 Å². The molecule has 0 rings (SSSR count). The van der Waals surface area contributed by atoms with Gasteiger partial charge in [-0.2, -0.15) is 0 Å². The predicted molar refractivity (Wildman–Crippen MR) is 349 cm³/mol. The molecule has 0 spiro atoms. The van der Waals surface area contributed by atoms with Crippen molar-refractivity contribution in [3.63, 3.8) is 0 Å². The molecule has 17 nitrogen and oxygen atoms in total. The van der Waals surface area contributed by atoms with Gasteiger partial charge in [0.25, 0.3) is 0 Å². The van der Waals surface area contributed by atoms with Crippen molar-refractivity contribution in [2.24, 2.45) is 5.92 Å². The number of aliphatic hydroxyl groups excluding tert-OH is 1. The van der Waals surface area contributed by atoms with Crippen LogP contribution in [0.2, 0.25) is 0 Å². The summed E-state index contributed by atoms with van der Waals surface area (Å²) in [6.07, 6.45) is 47.2. The Kier molecular flexibility index (Phi) is 60.2. The lowest BCUT2D eigenvalue weighted by molar-refractivity contribution is -0.161. The van der Waals surface area contributed by atoms with Crippen LogP contribution in [0.25, 0.3) is 0 Å². The van der Waals surface area contributed by atoms with Gasteiger partial charge in [-0.05, 0) is 31.6 Å². The van der Waals surface area contributed by atoms with Gasteiger partial charge in [-0.3, -0.25) is 37.3 Å². The molecule has 0 saturated heterocycles. The third-order valence-corrected chi connectivity index (χ3v) is 17.7. The summed E-state index contributed by atoms with van der Waals surface area (Å²) in [6, 6.07) is 0. The van der Waals surface area contributed by atoms with Crippen LogP contribution in [-0.4, -0.2) is 96.7 Å². The van der Waals surface area contributed by atoms with Crippen LogP contribution in [0.4, 0.5) is 0 Å². The first-order valence-corrected chi connectivity index (χ1v) is 38.6. The van der Waals surface area contributed by atoms with E-state index in [2.05, 4.69) is 34.6 Å². The van der Waals surface area contributed by atoms with Crippen LogP contribution in [0, 0.1) is 5.92 Å². The molecule has 0 aromatic rings. The van der Waals surface area contributed by atoms with Crippen molar-refractivity contribution in [1.82, 2.24) is 0 Å². The molecular weight excluding hydrogens is 1150 g/mol. The van der Waals surface area contributed by atoms with Crippen LogP contribution in [0.5, 0.6) is 0 Å². The minimum atomic E-state index is -4.95. The minimum absolute atomic E-state index is 0.106. The number of aliphatic hydroxyl groups is 1. The van der Waals surface area contributed by atoms with Gasteiger partial charge in [-0.1, -0.05) is 298 Å². The fourth-order valence-corrected chi connectivity index (χ4v) is 11.9. The molecule has 0 radical (unpaired) electrons. The fraction of sp³-hybridized carbons (Fsp3) is 0.941. The second-order valence-corrected chi connectivity index (χ2v) is 27.9. The molecule has 0 aliphatic heterocycles. The summed E-state index contributed by atoms with van der Waals surface area (Å²) in [4.78, 5) is 72.3. The molecule has 516 valence electrons. The van der Waals surface area contributed by atoms with Gasteiger partial charge >= 0.3 is 39.5 Å². The molecule has 0 aromatic heterocycles. The van der Waals surface area contributed by atoms with Crippen molar-refractivity contribution in [2.75, 3.05) is 39.6 Å². The maximum Gasteiger partial charge on any atom is 0.472 e. The van der Waals surface area contributed by atoms with Crippen molar-refractivity contribution in [2.45, 2.75) is 368 Å². The smallest absolute Gasteiger partial charge is 0.462 e. The zero-order valence-electron chi connectivity index (χ0n) is 56.2. The molecule has 0 heterocycles. The van der Waals surface area contributed by atoms with Gasteiger partial charge in [-0.25, -0.2) is 9.13 Å². The zero-order chi connectivity index (χ0) is 64.2. The number of phosphoric ester groups is 2. The molecule has 0 saturated carbocycles. The predicted octanol–water partition coefficient (Wildman–Crippen LogP) is 19.4. The molecule has 0 aromatic carbocycles. The number of hydrogen-bond acceptors (Lipinski definition) is 15. The highest BCUT2D eigenvalue weighted by Crippen LogP contribution is 2.45. The van der Waals surface area contributed by atoms with E-state index in [1.165, 1.54) is 167 Å². The molecule has 2 unspecified atom stereocenters. The van der Waals surface area contributed by atoms with Crippen molar-refractivity contribution in [3.8, 4) is 0 Å². The van der Waals surface area contributed by atoms with E-state index in [-0.39, 0.29) is 25.7 Å². The fourth-order valence-electron chi connectivity index (χ4n) is 10.3. The van der Waals surface area contributed by atoms with E-state index >= 15 is 0 Å². The van der Waals surface area contributed by atoms with Gasteiger partial charge in [0.1, 0.15) is 19.3 Å². The molecule has 0 fully saturated rings. The lowest BCUT2D eigenvalue weighted by Crippen LogP contribution is -2.30. The summed E-state index contributed by atoms with van der Waals surface area (Å²) in [6.45, 7) is 7.18. The second kappa shape index (κ2) is 61.6. The molecule has 0 amide bonds. The van der Waals surface area contributed by atoms with E-state index in [1.54, 1.807) is 0 Å². The Balaban J connectivity index is 5.20. The van der Waals surface area contributed by atoms with E-state index in [9.17, 15) is 43.2 Å². The largest absolute Gasteiger partial charge is 0.472 e. The van der Waals surface area contributed by atoms with Gasteiger partial charge < -0.3 is 33.8 Å². The number of unbranched alkanes of at least 4 members (excludes halogenated alkanes) is 40. The van der Waals surface area contributed by atoms with Gasteiger partial charge in [0.15, 0.2) is 12.2 Å². The standard InChI is InChI=1S/C68H132O17P2/c1-6-9-12-15-18-21-23-24-25-26-27-28-29-33-39-44-49-54-68(73)85-64(58-79-66(71)52-47-42-37-34-30-31-35-40-45-50-61(4)5)60-83-87(76,77)81-56-62(69)55-80-86(74,75)82-59-63(57-78-65(70)51-46-41-36-20-17-14-11-8-3)84-67(72)53-48-43-38-32-22-19-16-13-10-7-2/h61-64,69H,6-60H2,1-5H3,(H,74,75)(H,76,77)/t62-,63+,64+/m0/s1. The van der Waals surface area contributed by atoms with Crippen LogP contribution in [-0.2, 0) is 65.4 Å². The zero-order valence-corrected chi connectivity index (χ0v) is 57.9. The van der Waals surface area contributed by atoms with E-state index < -0.39 is 97.5 Å². The monoisotopic (exact) mass is 1280 g/mol. The molecule has 3 N–H and O–H groups in total. The lowest BCUT2D eigenvalue weighted by atomic mass is 10.0. The molecule has 0 aliphatic carbocycles. The Bertz CT molecular complexity index is 1690. The number of carbonyl (C=O) groups excluding carboxylic acids is 4. The highest BCUT2D eigenvalue weighted by atomic mass is 31.2. The highest BCUT2D eigenvalue weighted by molar-refractivity contribution is 7.47. The van der Waals surface area contributed by atoms with Gasteiger partial charge in [0, 0.05) is 25.7 Å². The SMILES string of the molecule is CCCCCCCCCCCCCCCCCCCC(=O)O[C@H](COC(=O)CCCCCCCCCCCC(C)C)COP(=O)(O)OC[C@@H](O)COP(=O)(O)OC[C@@H](COC(=O)CCCCCCCCCC)OC(=O)CCCCCCCCCCCC. The first-order chi connectivity index (χ1) is 42.0. The number of hydrogen-bond donors (Lipinski definition) is 3. The molecule has 0 aliphatic rings. The van der Waals surface area contributed by atoms with Gasteiger partial charge in [0.05, 0.1) is 26.4 Å². The second-order valence-electron chi connectivity index (χ2n) is 25.0. The summed E-state index contributed by atoms with van der Waals surface area (Å²) in [5.41, 5.74) is 0. The normalized spacial score (nSPS) is 14.1. The maximum absolute atomic E-state index is 13.0. The number of esters is 4. The summed E-state index contributed by atoms with van der Waals surface area (Å²) >= 11 is 0. The molecule has 19 heteroatoms. The van der Waals surface area contributed by atoms with E-state index in [0.717, 1.165) is 102 Å². The highest BCUT2D eigenvalue weighted by Gasteiger charge is 2.30. The van der Waals surface area contributed by atoms with E-state index in [0.29, 0.717) is 25.7 Å². The van der Waals surface area contributed by atoms with Crippen LogP contribution in [0.3, 0.4) is 0 Å². The van der Waals surface area contributed by atoms with E-state index in [1.807, 2.05) is 0 Å². The van der Waals surface area contributed by atoms with Crippen LogP contribution < -0.4 is 0 Å². The topological polar surface area (TPSA) is 237 Å². The van der Waals surface area contributed by atoms with Crippen molar-refractivity contribution in [3.05, 3.63) is 0 Å². The minimum Gasteiger partial charge on any atom is -0.462 e. The Morgan fingerprint density at radius 2 is 0.529 bits per heavy atom. The Morgan fingerprint density at radius 1 is 0.310 bits per heavy atom. The average Bonchev–Trinajstić information content (AvgIpc) is 3.69. The summed E-state index contributed by atoms with van der Waals surface area (Å²) < 4.78 is 68.1. The van der Waals surface area contributed by atoms with E-state index in [4.69, 9.17) is 37.0 Å². The maximum atomic E-state index is 13.0. The average molecular weight is 1280 g/mol. The van der Waals surface area contributed by atoms with Crippen LogP contribution in [0.1, 0.15) is 349 Å². The Hall–Kier alpha value is -1.94. The van der Waals surface area contributed by atoms with Crippen molar-refractivity contribution >= 4 is 39.5 Å². The van der Waals surface area contributed by atoms with Crippen LogP contribution >= 0.6 is 15.6 Å².